The number of amides is 2. The summed E-state index contributed by atoms with van der Waals surface area (Å²) < 4.78 is 5.80. The van der Waals surface area contributed by atoms with Crippen LogP contribution in [-0.2, 0) is 16.1 Å². The fourth-order valence-electron chi connectivity index (χ4n) is 4.42. The van der Waals surface area contributed by atoms with E-state index in [1.807, 2.05) is 17.0 Å². The molecule has 2 heterocycles. The van der Waals surface area contributed by atoms with Gasteiger partial charge in [-0.25, -0.2) is 0 Å². The van der Waals surface area contributed by atoms with Gasteiger partial charge in [-0.2, -0.15) is 0 Å². The van der Waals surface area contributed by atoms with Gasteiger partial charge in [-0.1, -0.05) is 12.1 Å². The summed E-state index contributed by atoms with van der Waals surface area (Å²) in [6, 6.07) is 8.42. The molecule has 1 saturated carbocycles. The third-order valence-electron chi connectivity index (χ3n) is 6.07. The van der Waals surface area contributed by atoms with Crippen LogP contribution in [0.1, 0.15) is 42.6 Å². The molecule has 1 N–H and O–H groups in total. The first kappa shape index (κ1) is 21.3. The van der Waals surface area contributed by atoms with Crippen LogP contribution < -0.4 is 5.32 Å². The van der Waals surface area contributed by atoms with Crippen LogP contribution in [0.4, 0.5) is 0 Å². The normalized spacial score (nSPS) is 25.9. The Balaban J connectivity index is 1.24. The van der Waals surface area contributed by atoms with Gasteiger partial charge in [0.1, 0.15) is 0 Å². The first-order valence-corrected chi connectivity index (χ1v) is 11.2. The van der Waals surface area contributed by atoms with Crippen molar-refractivity contribution in [3.05, 3.63) is 35.4 Å². The first-order chi connectivity index (χ1) is 14.5. The smallest absolute Gasteiger partial charge is 0.253 e. The highest BCUT2D eigenvalue weighted by atomic mass is 16.5. The Bertz CT molecular complexity index is 731. The SMILES string of the molecule is CC1CN(Cc2ccc(C(=O)N3CCN(CC(=O)NC4CC4)CC3)cc2)CC(C)O1. The third-order valence-corrected chi connectivity index (χ3v) is 6.07. The summed E-state index contributed by atoms with van der Waals surface area (Å²) in [5, 5.41) is 3.03. The van der Waals surface area contributed by atoms with Gasteiger partial charge in [0.05, 0.1) is 18.8 Å². The molecule has 164 valence electrons. The molecular formula is C23H34N4O3. The van der Waals surface area contributed by atoms with Gasteiger partial charge >= 0.3 is 0 Å². The second-order valence-corrected chi connectivity index (χ2v) is 9.06. The van der Waals surface area contributed by atoms with Crippen molar-refractivity contribution in [1.82, 2.24) is 20.0 Å². The van der Waals surface area contributed by atoms with Crippen molar-refractivity contribution in [2.75, 3.05) is 45.8 Å². The van der Waals surface area contributed by atoms with Crippen molar-refractivity contribution < 1.29 is 14.3 Å². The number of nitrogens with one attached hydrogen (secondary N) is 1. The number of carbonyl (C=O) groups excluding carboxylic acids is 2. The van der Waals surface area contributed by atoms with E-state index < -0.39 is 0 Å². The number of rotatable bonds is 6. The Labute approximate surface area is 179 Å². The molecule has 0 bridgehead atoms. The molecule has 4 rings (SSSR count). The highest BCUT2D eigenvalue weighted by Gasteiger charge is 2.27. The summed E-state index contributed by atoms with van der Waals surface area (Å²) in [6.07, 6.45) is 2.73. The minimum Gasteiger partial charge on any atom is -0.373 e. The van der Waals surface area contributed by atoms with Gasteiger partial charge in [0.15, 0.2) is 0 Å². The lowest BCUT2D eigenvalue weighted by molar-refractivity contribution is -0.122. The Morgan fingerprint density at radius 3 is 2.20 bits per heavy atom. The summed E-state index contributed by atoms with van der Waals surface area (Å²) >= 11 is 0. The van der Waals surface area contributed by atoms with E-state index in [2.05, 4.69) is 41.1 Å². The average molecular weight is 415 g/mol. The number of nitrogens with zero attached hydrogens (tertiary/aromatic N) is 3. The van der Waals surface area contributed by atoms with E-state index in [1.165, 1.54) is 5.56 Å². The van der Waals surface area contributed by atoms with Crippen LogP contribution in [-0.4, -0.2) is 90.6 Å². The molecule has 0 radical (unpaired) electrons. The zero-order valence-electron chi connectivity index (χ0n) is 18.2. The van der Waals surface area contributed by atoms with Crippen molar-refractivity contribution >= 4 is 11.8 Å². The molecule has 2 aliphatic heterocycles. The zero-order chi connectivity index (χ0) is 21.1. The fourth-order valence-corrected chi connectivity index (χ4v) is 4.42. The standard InChI is InChI=1S/C23H34N4O3/c1-17-13-26(14-18(2)30-17)15-19-3-5-20(6-4-19)23(29)27-11-9-25(10-12-27)16-22(28)24-21-7-8-21/h3-6,17-18,21H,7-16H2,1-2H3,(H,24,28). The summed E-state index contributed by atoms with van der Waals surface area (Å²) in [4.78, 5) is 31.3. The van der Waals surface area contributed by atoms with Crippen LogP contribution in [0.25, 0.3) is 0 Å². The molecule has 1 aromatic carbocycles. The van der Waals surface area contributed by atoms with E-state index >= 15 is 0 Å². The summed E-state index contributed by atoms with van der Waals surface area (Å²) in [5.41, 5.74) is 1.96. The highest BCUT2D eigenvalue weighted by molar-refractivity contribution is 5.94. The van der Waals surface area contributed by atoms with E-state index in [9.17, 15) is 9.59 Å². The predicted octanol–water partition coefficient (Wildman–Crippen LogP) is 1.33. The molecule has 1 aliphatic carbocycles. The average Bonchev–Trinajstić information content (AvgIpc) is 3.52. The molecule has 30 heavy (non-hydrogen) atoms. The summed E-state index contributed by atoms with van der Waals surface area (Å²) in [5.74, 6) is 0.189. The quantitative estimate of drug-likeness (QED) is 0.761. The molecular weight excluding hydrogens is 380 g/mol. The van der Waals surface area contributed by atoms with Gasteiger partial charge in [-0.15, -0.1) is 0 Å². The van der Waals surface area contributed by atoms with Crippen LogP contribution in [0.5, 0.6) is 0 Å². The van der Waals surface area contributed by atoms with E-state index in [4.69, 9.17) is 4.74 Å². The van der Waals surface area contributed by atoms with Crippen LogP contribution in [0, 0.1) is 0 Å². The van der Waals surface area contributed by atoms with Crippen LogP contribution >= 0.6 is 0 Å². The number of hydrogen-bond donors (Lipinski definition) is 1. The third kappa shape index (κ3) is 5.80. The minimum absolute atomic E-state index is 0.0808. The number of hydrogen-bond acceptors (Lipinski definition) is 5. The highest BCUT2D eigenvalue weighted by Crippen LogP contribution is 2.19. The molecule has 3 aliphatic rings. The second-order valence-electron chi connectivity index (χ2n) is 9.06. The maximum atomic E-state index is 12.9. The second kappa shape index (κ2) is 9.45. The lowest BCUT2D eigenvalue weighted by Gasteiger charge is -2.35. The van der Waals surface area contributed by atoms with Crippen molar-refractivity contribution in [2.45, 2.75) is 51.5 Å². The van der Waals surface area contributed by atoms with Crippen LogP contribution in [0.3, 0.4) is 0 Å². The molecule has 2 amide bonds. The molecule has 2 atom stereocenters. The molecule has 0 spiro atoms. The monoisotopic (exact) mass is 414 g/mol. The maximum absolute atomic E-state index is 12.9. The molecule has 2 saturated heterocycles. The number of morpholine rings is 1. The van der Waals surface area contributed by atoms with E-state index in [-0.39, 0.29) is 24.0 Å². The van der Waals surface area contributed by atoms with Crippen molar-refractivity contribution in [3.8, 4) is 0 Å². The molecule has 7 nitrogen and oxygen atoms in total. The molecule has 1 aromatic rings. The van der Waals surface area contributed by atoms with Crippen LogP contribution in [0.2, 0.25) is 0 Å². The maximum Gasteiger partial charge on any atom is 0.253 e. The lowest BCUT2D eigenvalue weighted by atomic mass is 10.1. The number of ether oxygens (including phenoxy) is 1. The van der Waals surface area contributed by atoms with Crippen molar-refractivity contribution in [2.24, 2.45) is 0 Å². The Kier molecular flexibility index (Phi) is 6.71. The van der Waals surface area contributed by atoms with Gasteiger partial charge in [0.2, 0.25) is 5.91 Å². The topological polar surface area (TPSA) is 65.1 Å². The van der Waals surface area contributed by atoms with Gasteiger partial charge in [-0.3, -0.25) is 19.4 Å². The van der Waals surface area contributed by atoms with Gasteiger partial charge < -0.3 is 15.0 Å². The number of carbonyl (C=O) groups is 2. The Morgan fingerprint density at radius 1 is 0.967 bits per heavy atom. The minimum atomic E-state index is 0.0808. The lowest BCUT2D eigenvalue weighted by Crippen LogP contribution is -2.51. The fraction of sp³-hybridized carbons (Fsp3) is 0.652. The molecule has 0 aromatic heterocycles. The number of piperazine rings is 1. The first-order valence-electron chi connectivity index (χ1n) is 11.2. The Hall–Kier alpha value is -1.96. The summed E-state index contributed by atoms with van der Waals surface area (Å²) in [7, 11) is 0. The number of benzene rings is 1. The van der Waals surface area contributed by atoms with E-state index in [0.29, 0.717) is 25.7 Å². The molecule has 2 unspecified atom stereocenters. The van der Waals surface area contributed by atoms with E-state index in [1.54, 1.807) is 0 Å². The molecule has 7 heteroatoms. The molecule has 3 fully saturated rings. The van der Waals surface area contributed by atoms with Gasteiger partial charge in [-0.05, 0) is 44.4 Å². The largest absolute Gasteiger partial charge is 0.373 e. The van der Waals surface area contributed by atoms with Gasteiger partial charge in [0, 0.05) is 57.4 Å². The predicted molar refractivity (Wildman–Crippen MR) is 115 cm³/mol. The summed E-state index contributed by atoms with van der Waals surface area (Å²) in [6.45, 7) is 10.3. The van der Waals surface area contributed by atoms with E-state index in [0.717, 1.165) is 51.1 Å². The van der Waals surface area contributed by atoms with Gasteiger partial charge in [0.25, 0.3) is 5.91 Å². The zero-order valence-corrected chi connectivity index (χ0v) is 18.2. The van der Waals surface area contributed by atoms with Crippen molar-refractivity contribution in [1.29, 1.82) is 0 Å². The van der Waals surface area contributed by atoms with Crippen molar-refractivity contribution in [3.63, 3.8) is 0 Å². The Morgan fingerprint density at radius 2 is 1.60 bits per heavy atom. The van der Waals surface area contributed by atoms with Crippen LogP contribution in [0.15, 0.2) is 24.3 Å².